The zero-order valence-electron chi connectivity index (χ0n) is 21.1. The van der Waals surface area contributed by atoms with E-state index in [9.17, 15) is 9.59 Å². The Kier molecular flexibility index (Phi) is 6.26. The Balaban J connectivity index is 1.26. The van der Waals surface area contributed by atoms with Gasteiger partial charge in [-0.05, 0) is 36.4 Å². The molecule has 1 amide bonds. The van der Waals surface area contributed by atoms with Crippen molar-refractivity contribution in [2.75, 3.05) is 17.7 Å². The van der Waals surface area contributed by atoms with Crippen LogP contribution in [0.3, 0.4) is 0 Å². The van der Waals surface area contributed by atoms with Crippen molar-refractivity contribution in [2.24, 2.45) is 0 Å². The molecule has 2 aliphatic rings. The van der Waals surface area contributed by atoms with E-state index in [1.54, 1.807) is 49.8 Å². The highest BCUT2D eigenvalue weighted by Crippen LogP contribution is 2.32. The molecule has 3 N–H and O–H groups in total. The summed E-state index contributed by atoms with van der Waals surface area (Å²) >= 11 is 0. The van der Waals surface area contributed by atoms with E-state index in [1.807, 2.05) is 65.8 Å². The van der Waals surface area contributed by atoms with E-state index in [1.165, 1.54) is 0 Å². The first-order valence-electron chi connectivity index (χ1n) is 12.5. The number of ether oxygens (including phenoxy) is 1. The molecule has 0 spiro atoms. The average molecular weight is 516 g/mol. The Morgan fingerprint density at radius 3 is 2.59 bits per heavy atom. The molecule has 2 aliphatic heterocycles. The second kappa shape index (κ2) is 10.2. The van der Waals surface area contributed by atoms with Gasteiger partial charge in [0.1, 0.15) is 5.70 Å². The molecular formula is C31H25N5O3. The van der Waals surface area contributed by atoms with Crippen molar-refractivity contribution in [2.45, 2.75) is 6.54 Å². The van der Waals surface area contributed by atoms with Gasteiger partial charge in [-0.25, -0.2) is 0 Å². The molecule has 8 heteroatoms. The Labute approximate surface area is 225 Å². The maximum absolute atomic E-state index is 13.7. The summed E-state index contributed by atoms with van der Waals surface area (Å²) < 4.78 is 5.44. The number of carbonyl (C=O) groups is 2. The van der Waals surface area contributed by atoms with Crippen molar-refractivity contribution in [3.05, 3.63) is 137 Å². The zero-order chi connectivity index (χ0) is 26.8. The van der Waals surface area contributed by atoms with E-state index >= 15 is 0 Å². The SMILES string of the molecule is COC1=CNN2Cc3c(cccc3C(=O)c3cccc(NC(=O)c4ccccc4-c4ccccn4)c3)NC=C12. The minimum Gasteiger partial charge on any atom is -0.493 e. The van der Waals surface area contributed by atoms with Crippen LogP contribution in [0.2, 0.25) is 0 Å². The van der Waals surface area contributed by atoms with Gasteiger partial charge in [0.15, 0.2) is 11.5 Å². The van der Waals surface area contributed by atoms with Gasteiger partial charge in [-0.15, -0.1) is 0 Å². The van der Waals surface area contributed by atoms with E-state index in [4.69, 9.17) is 4.74 Å². The third-order valence-corrected chi connectivity index (χ3v) is 6.71. The number of ketones is 1. The molecule has 0 atom stereocenters. The molecule has 8 nitrogen and oxygen atoms in total. The molecule has 4 aromatic rings. The first kappa shape index (κ1) is 24.0. The zero-order valence-corrected chi connectivity index (χ0v) is 21.1. The lowest BCUT2D eigenvalue weighted by molar-refractivity contribution is 0.102. The number of anilines is 2. The Hall–Kier alpha value is -5.37. The van der Waals surface area contributed by atoms with Crippen molar-refractivity contribution >= 4 is 23.1 Å². The van der Waals surface area contributed by atoms with E-state index in [0.29, 0.717) is 40.4 Å². The summed E-state index contributed by atoms with van der Waals surface area (Å²) in [5.41, 5.74) is 9.25. The van der Waals surface area contributed by atoms with Crippen LogP contribution >= 0.6 is 0 Å². The van der Waals surface area contributed by atoms with Crippen LogP contribution in [0.15, 0.2) is 115 Å². The number of benzene rings is 3. The number of methoxy groups -OCH3 is 1. The number of hydrogen-bond acceptors (Lipinski definition) is 7. The summed E-state index contributed by atoms with van der Waals surface area (Å²) in [5, 5.41) is 8.17. The van der Waals surface area contributed by atoms with Crippen LogP contribution < -0.4 is 16.1 Å². The highest BCUT2D eigenvalue weighted by molar-refractivity contribution is 6.12. The second-order valence-corrected chi connectivity index (χ2v) is 9.06. The van der Waals surface area contributed by atoms with Crippen LogP contribution in [0, 0.1) is 0 Å². The molecule has 0 radical (unpaired) electrons. The van der Waals surface area contributed by atoms with Crippen LogP contribution in [0.1, 0.15) is 31.8 Å². The predicted octanol–water partition coefficient (Wildman–Crippen LogP) is 5.31. The first-order valence-corrected chi connectivity index (χ1v) is 12.5. The van der Waals surface area contributed by atoms with Gasteiger partial charge in [-0.1, -0.05) is 48.5 Å². The third kappa shape index (κ3) is 4.59. The molecule has 3 heterocycles. The largest absolute Gasteiger partial charge is 0.493 e. The van der Waals surface area contributed by atoms with Crippen molar-refractivity contribution in [1.29, 1.82) is 0 Å². The lowest BCUT2D eigenvalue weighted by atomic mass is 9.96. The number of rotatable bonds is 6. The first-order chi connectivity index (χ1) is 19.1. The van der Waals surface area contributed by atoms with Gasteiger partial charge in [0.05, 0.1) is 25.5 Å². The number of hydrogen-bond donors (Lipinski definition) is 3. The highest BCUT2D eigenvalue weighted by Gasteiger charge is 2.27. The Morgan fingerprint density at radius 2 is 1.74 bits per heavy atom. The molecule has 3 aromatic carbocycles. The molecule has 0 fully saturated rings. The number of nitrogens with zero attached hydrogens (tertiary/aromatic N) is 2. The summed E-state index contributed by atoms with van der Waals surface area (Å²) in [6.07, 6.45) is 5.33. The molecular weight excluding hydrogens is 490 g/mol. The number of fused-ring (bicyclic) bond motifs is 2. The van der Waals surface area contributed by atoms with Gasteiger partial charge in [-0.2, -0.15) is 0 Å². The molecule has 192 valence electrons. The van der Waals surface area contributed by atoms with Crippen molar-refractivity contribution < 1.29 is 14.3 Å². The van der Waals surface area contributed by atoms with Crippen molar-refractivity contribution in [3.8, 4) is 11.3 Å². The number of nitrogens with one attached hydrogen (secondary N) is 3. The molecule has 39 heavy (non-hydrogen) atoms. The molecule has 0 saturated carbocycles. The van der Waals surface area contributed by atoms with E-state index in [0.717, 1.165) is 22.5 Å². The van der Waals surface area contributed by atoms with E-state index in [2.05, 4.69) is 21.0 Å². The van der Waals surface area contributed by atoms with Crippen LogP contribution in [0.4, 0.5) is 11.4 Å². The maximum atomic E-state index is 13.7. The van der Waals surface area contributed by atoms with E-state index < -0.39 is 0 Å². The lowest BCUT2D eigenvalue weighted by Gasteiger charge is -2.21. The molecule has 6 rings (SSSR count). The molecule has 0 saturated heterocycles. The number of amides is 1. The van der Waals surface area contributed by atoms with Crippen LogP contribution in [0.5, 0.6) is 0 Å². The quantitative estimate of drug-likeness (QED) is 0.300. The van der Waals surface area contributed by atoms with Crippen LogP contribution in [0.25, 0.3) is 11.3 Å². The molecule has 1 aromatic heterocycles. The van der Waals surface area contributed by atoms with Crippen LogP contribution in [-0.2, 0) is 11.3 Å². The fraction of sp³-hybridized carbons (Fsp3) is 0.0645. The minimum absolute atomic E-state index is 0.138. The monoisotopic (exact) mass is 515 g/mol. The van der Waals surface area contributed by atoms with Crippen molar-refractivity contribution in [3.63, 3.8) is 0 Å². The van der Waals surface area contributed by atoms with Gasteiger partial charge in [0.25, 0.3) is 5.91 Å². The van der Waals surface area contributed by atoms with E-state index in [-0.39, 0.29) is 11.7 Å². The van der Waals surface area contributed by atoms with Gasteiger partial charge >= 0.3 is 0 Å². The fourth-order valence-electron chi connectivity index (χ4n) is 4.78. The predicted molar refractivity (Wildman–Crippen MR) is 149 cm³/mol. The molecule has 0 unspecified atom stereocenters. The summed E-state index contributed by atoms with van der Waals surface area (Å²) in [5.74, 6) is 0.288. The normalized spacial score (nSPS) is 13.5. The summed E-state index contributed by atoms with van der Waals surface area (Å²) in [6.45, 7) is 0.459. The fourth-order valence-corrected chi connectivity index (χ4v) is 4.78. The maximum Gasteiger partial charge on any atom is 0.256 e. The van der Waals surface area contributed by atoms with Gasteiger partial charge in [0.2, 0.25) is 0 Å². The van der Waals surface area contributed by atoms with Crippen LogP contribution in [-0.4, -0.2) is 28.8 Å². The number of pyridine rings is 1. The highest BCUT2D eigenvalue weighted by atomic mass is 16.5. The summed E-state index contributed by atoms with van der Waals surface area (Å²) in [6, 6.07) is 25.5. The van der Waals surface area contributed by atoms with Gasteiger partial charge < -0.3 is 20.8 Å². The third-order valence-electron chi connectivity index (χ3n) is 6.71. The average Bonchev–Trinajstić information content (AvgIpc) is 3.27. The minimum atomic E-state index is -0.279. The topological polar surface area (TPSA) is 95.6 Å². The van der Waals surface area contributed by atoms with Gasteiger partial charge in [0, 0.05) is 51.6 Å². The Bertz CT molecular complexity index is 1650. The lowest BCUT2D eigenvalue weighted by Crippen LogP contribution is -2.28. The second-order valence-electron chi connectivity index (χ2n) is 9.06. The number of aromatic nitrogens is 1. The summed E-state index contributed by atoms with van der Waals surface area (Å²) in [7, 11) is 1.62. The standard InChI is InChI=1S/C31H25N5O3/c1-39-29-18-34-36-19-25-23(12-7-14-27(25)33-17-28(29)36)30(37)20-8-6-9-21(16-20)35-31(38)24-11-3-2-10-22(24)26-13-4-5-15-32-26/h2-18,33-34H,19H2,1H3,(H,35,38). The van der Waals surface area contributed by atoms with Crippen molar-refractivity contribution in [1.82, 2.24) is 15.4 Å². The summed E-state index contributed by atoms with van der Waals surface area (Å²) in [4.78, 5) is 31.4. The smallest absolute Gasteiger partial charge is 0.256 e. The number of hydrazine groups is 1. The Morgan fingerprint density at radius 1 is 0.923 bits per heavy atom. The molecule has 0 aliphatic carbocycles. The number of carbonyl (C=O) groups excluding carboxylic acids is 2. The van der Waals surface area contributed by atoms with Gasteiger partial charge in [-0.3, -0.25) is 19.6 Å². The molecule has 0 bridgehead atoms.